The Kier molecular flexibility index (Phi) is 3.74. The number of anilines is 1. The van der Waals surface area contributed by atoms with Gasteiger partial charge in [-0.15, -0.1) is 11.3 Å². The molecule has 0 aliphatic heterocycles. The second kappa shape index (κ2) is 5.84. The van der Waals surface area contributed by atoms with Crippen molar-refractivity contribution in [3.8, 4) is 10.6 Å². The Morgan fingerprint density at radius 1 is 1.10 bits per heavy atom. The Labute approximate surface area is 122 Å². The van der Waals surface area contributed by atoms with E-state index in [0.717, 1.165) is 22.9 Å². The summed E-state index contributed by atoms with van der Waals surface area (Å²) in [6, 6.07) is 14.3. The van der Waals surface area contributed by atoms with Crippen molar-refractivity contribution in [1.29, 1.82) is 0 Å². The van der Waals surface area contributed by atoms with E-state index in [9.17, 15) is 0 Å². The molecule has 3 nitrogen and oxygen atoms in total. The number of aryl methyl sites for hydroxylation is 1. The summed E-state index contributed by atoms with van der Waals surface area (Å²) < 4.78 is 0. The van der Waals surface area contributed by atoms with Gasteiger partial charge in [-0.05, 0) is 24.6 Å². The van der Waals surface area contributed by atoms with Crippen molar-refractivity contribution in [1.82, 2.24) is 9.97 Å². The highest BCUT2D eigenvalue weighted by molar-refractivity contribution is 7.15. The molecule has 2 heterocycles. The van der Waals surface area contributed by atoms with Crippen LogP contribution in [0, 0.1) is 6.92 Å². The third-order valence-electron chi connectivity index (χ3n) is 2.93. The predicted molar refractivity (Wildman–Crippen MR) is 83.9 cm³/mol. The maximum Gasteiger partial charge on any atom is 0.126 e. The Morgan fingerprint density at radius 2 is 1.95 bits per heavy atom. The number of aromatic nitrogens is 2. The second-order valence-corrected chi connectivity index (χ2v) is 5.68. The minimum Gasteiger partial charge on any atom is -0.365 e. The summed E-state index contributed by atoms with van der Waals surface area (Å²) in [7, 11) is 0. The lowest BCUT2D eigenvalue weighted by atomic mass is 10.2. The number of nitrogens with zero attached hydrogens (tertiary/aromatic N) is 2. The SMILES string of the molecule is Cc1ccnc(NCc2cnc(-c3ccccc3)s2)c1. The molecule has 100 valence electrons. The van der Waals surface area contributed by atoms with Crippen LogP contribution in [0.4, 0.5) is 5.82 Å². The molecule has 0 aliphatic rings. The van der Waals surface area contributed by atoms with Gasteiger partial charge in [-0.1, -0.05) is 30.3 Å². The van der Waals surface area contributed by atoms with Crippen molar-refractivity contribution >= 4 is 17.2 Å². The minimum atomic E-state index is 0.751. The fourth-order valence-corrected chi connectivity index (χ4v) is 2.77. The highest BCUT2D eigenvalue weighted by Gasteiger charge is 2.04. The molecule has 0 spiro atoms. The van der Waals surface area contributed by atoms with Gasteiger partial charge < -0.3 is 5.32 Å². The average Bonchev–Trinajstić information content (AvgIpc) is 2.95. The van der Waals surface area contributed by atoms with E-state index in [0.29, 0.717) is 0 Å². The molecule has 0 radical (unpaired) electrons. The van der Waals surface area contributed by atoms with Gasteiger partial charge in [-0.2, -0.15) is 0 Å². The molecule has 0 unspecified atom stereocenters. The third kappa shape index (κ3) is 3.03. The number of hydrogen-bond donors (Lipinski definition) is 1. The summed E-state index contributed by atoms with van der Waals surface area (Å²) in [6.45, 7) is 2.81. The van der Waals surface area contributed by atoms with Gasteiger partial charge in [0, 0.05) is 22.8 Å². The number of hydrogen-bond acceptors (Lipinski definition) is 4. The molecule has 1 aromatic carbocycles. The van der Waals surface area contributed by atoms with E-state index >= 15 is 0 Å². The summed E-state index contributed by atoms with van der Waals surface area (Å²) in [5.41, 5.74) is 2.37. The molecule has 0 aliphatic carbocycles. The lowest BCUT2D eigenvalue weighted by Gasteiger charge is -2.03. The Morgan fingerprint density at radius 3 is 2.75 bits per heavy atom. The summed E-state index contributed by atoms with van der Waals surface area (Å²) in [6.07, 6.45) is 3.75. The van der Waals surface area contributed by atoms with Crippen LogP contribution in [-0.2, 0) is 6.54 Å². The van der Waals surface area contributed by atoms with Crippen LogP contribution in [0.3, 0.4) is 0 Å². The van der Waals surface area contributed by atoms with Gasteiger partial charge in [0.1, 0.15) is 10.8 Å². The number of nitrogens with one attached hydrogen (secondary N) is 1. The van der Waals surface area contributed by atoms with Crippen LogP contribution in [0.2, 0.25) is 0 Å². The van der Waals surface area contributed by atoms with Crippen molar-refractivity contribution in [2.45, 2.75) is 13.5 Å². The molecule has 3 aromatic rings. The zero-order valence-electron chi connectivity index (χ0n) is 11.2. The molecule has 1 N–H and O–H groups in total. The van der Waals surface area contributed by atoms with E-state index in [-0.39, 0.29) is 0 Å². The molecule has 0 amide bonds. The molecule has 20 heavy (non-hydrogen) atoms. The van der Waals surface area contributed by atoms with Crippen LogP contribution in [0.15, 0.2) is 54.9 Å². The van der Waals surface area contributed by atoms with Gasteiger partial charge >= 0.3 is 0 Å². The first-order valence-electron chi connectivity index (χ1n) is 6.48. The van der Waals surface area contributed by atoms with Gasteiger partial charge in [-0.25, -0.2) is 9.97 Å². The van der Waals surface area contributed by atoms with E-state index in [1.54, 1.807) is 11.3 Å². The molecule has 4 heteroatoms. The molecule has 2 aromatic heterocycles. The average molecular weight is 281 g/mol. The molecule has 0 saturated carbocycles. The normalized spacial score (nSPS) is 10.4. The first kappa shape index (κ1) is 12.8. The first-order chi connectivity index (χ1) is 9.81. The quantitative estimate of drug-likeness (QED) is 0.781. The highest BCUT2D eigenvalue weighted by Crippen LogP contribution is 2.25. The maximum atomic E-state index is 4.47. The van der Waals surface area contributed by atoms with E-state index < -0.39 is 0 Å². The standard InChI is InChI=1S/C16H15N3S/c1-12-7-8-17-15(9-12)18-10-14-11-19-16(20-14)13-5-3-2-4-6-13/h2-9,11H,10H2,1H3,(H,17,18). The third-order valence-corrected chi connectivity index (χ3v) is 3.98. The summed E-state index contributed by atoms with van der Waals surface area (Å²) in [5.74, 6) is 0.902. The molecule has 0 fully saturated rings. The van der Waals surface area contributed by atoms with E-state index in [1.165, 1.54) is 10.4 Å². The topological polar surface area (TPSA) is 37.8 Å². The molecule has 3 rings (SSSR count). The fraction of sp³-hybridized carbons (Fsp3) is 0.125. The van der Waals surface area contributed by atoms with E-state index in [2.05, 4.69) is 34.3 Å². The second-order valence-electron chi connectivity index (χ2n) is 4.57. The van der Waals surface area contributed by atoms with Gasteiger partial charge in [-0.3, -0.25) is 0 Å². The van der Waals surface area contributed by atoms with Crippen LogP contribution in [-0.4, -0.2) is 9.97 Å². The van der Waals surface area contributed by atoms with E-state index in [4.69, 9.17) is 0 Å². The van der Waals surface area contributed by atoms with Gasteiger partial charge in [0.25, 0.3) is 0 Å². The zero-order chi connectivity index (χ0) is 13.8. The lowest BCUT2D eigenvalue weighted by Crippen LogP contribution is -1.99. The van der Waals surface area contributed by atoms with Crippen molar-refractivity contribution in [3.05, 3.63) is 65.3 Å². The number of pyridine rings is 1. The van der Waals surface area contributed by atoms with Crippen molar-refractivity contribution in [2.24, 2.45) is 0 Å². The lowest BCUT2D eigenvalue weighted by molar-refractivity contribution is 1.12. The number of thiazole rings is 1. The molecular weight excluding hydrogens is 266 g/mol. The van der Waals surface area contributed by atoms with Crippen LogP contribution >= 0.6 is 11.3 Å². The Bertz CT molecular complexity index is 692. The Hall–Kier alpha value is -2.20. The van der Waals surface area contributed by atoms with Crippen LogP contribution in [0.1, 0.15) is 10.4 Å². The Balaban J connectivity index is 1.69. The van der Waals surface area contributed by atoms with E-state index in [1.807, 2.05) is 42.7 Å². The highest BCUT2D eigenvalue weighted by atomic mass is 32.1. The zero-order valence-corrected chi connectivity index (χ0v) is 12.0. The molecule has 0 saturated heterocycles. The number of rotatable bonds is 4. The minimum absolute atomic E-state index is 0.751. The predicted octanol–water partition coefficient (Wildman–Crippen LogP) is 4.13. The van der Waals surface area contributed by atoms with Gasteiger partial charge in [0.15, 0.2) is 0 Å². The fourth-order valence-electron chi connectivity index (χ4n) is 1.91. The largest absolute Gasteiger partial charge is 0.365 e. The maximum absolute atomic E-state index is 4.47. The van der Waals surface area contributed by atoms with Gasteiger partial charge in [0.2, 0.25) is 0 Å². The summed E-state index contributed by atoms with van der Waals surface area (Å²) in [5, 5.41) is 4.38. The van der Waals surface area contributed by atoms with Crippen molar-refractivity contribution < 1.29 is 0 Å². The molecule has 0 bridgehead atoms. The van der Waals surface area contributed by atoms with Gasteiger partial charge in [0.05, 0.1) is 6.54 Å². The molecule has 0 atom stereocenters. The van der Waals surface area contributed by atoms with Crippen molar-refractivity contribution in [2.75, 3.05) is 5.32 Å². The monoisotopic (exact) mass is 281 g/mol. The van der Waals surface area contributed by atoms with Crippen LogP contribution < -0.4 is 5.32 Å². The first-order valence-corrected chi connectivity index (χ1v) is 7.29. The van der Waals surface area contributed by atoms with Crippen LogP contribution in [0.25, 0.3) is 10.6 Å². The summed E-state index contributed by atoms with van der Waals surface area (Å²) in [4.78, 5) is 9.97. The molecular formula is C16H15N3S. The van der Waals surface area contributed by atoms with Crippen molar-refractivity contribution in [3.63, 3.8) is 0 Å². The van der Waals surface area contributed by atoms with Crippen LogP contribution in [0.5, 0.6) is 0 Å². The number of benzene rings is 1. The smallest absolute Gasteiger partial charge is 0.126 e. The summed E-state index contributed by atoms with van der Waals surface area (Å²) >= 11 is 1.71.